The van der Waals surface area contributed by atoms with Crippen molar-refractivity contribution in [2.75, 3.05) is 14.1 Å². The third-order valence-electron chi connectivity index (χ3n) is 3.69. The predicted molar refractivity (Wildman–Crippen MR) is 96.7 cm³/mol. The first kappa shape index (κ1) is 14.9. The highest BCUT2D eigenvalue weighted by Gasteiger charge is 2.22. The van der Waals surface area contributed by atoms with E-state index in [1.807, 2.05) is 42.1 Å². The third-order valence-corrected chi connectivity index (χ3v) is 4.86. The highest BCUT2D eigenvalue weighted by atomic mass is 32.2. The summed E-state index contributed by atoms with van der Waals surface area (Å²) in [5.41, 5.74) is 3.69. The molecule has 2 nitrogen and oxygen atoms in total. The maximum Gasteiger partial charge on any atom is 0.0990 e. The van der Waals surface area contributed by atoms with Crippen LogP contribution in [0.5, 0.6) is 0 Å². The van der Waals surface area contributed by atoms with E-state index in [0.29, 0.717) is 5.25 Å². The zero-order valence-corrected chi connectivity index (χ0v) is 13.8. The number of rotatable bonds is 3. The zero-order valence-electron chi connectivity index (χ0n) is 12.9. The Balaban J connectivity index is 1.92. The number of hydrogen-bond donors (Lipinski definition) is 0. The van der Waals surface area contributed by atoms with Gasteiger partial charge in [0.05, 0.1) is 10.7 Å². The summed E-state index contributed by atoms with van der Waals surface area (Å²) in [7, 11) is 4.20. The van der Waals surface area contributed by atoms with Gasteiger partial charge >= 0.3 is 0 Å². The zero-order chi connectivity index (χ0) is 15.4. The van der Waals surface area contributed by atoms with Gasteiger partial charge in [0.1, 0.15) is 0 Å². The molecule has 2 aromatic carbocycles. The Hall–Kier alpha value is -2.00. The molecule has 22 heavy (non-hydrogen) atoms. The fourth-order valence-corrected chi connectivity index (χ4v) is 3.67. The van der Waals surface area contributed by atoms with Crippen molar-refractivity contribution < 1.29 is 0 Å². The van der Waals surface area contributed by atoms with Gasteiger partial charge in [-0.1, -0.05) is 60.3 Å². The highest BCUT2D eigenvalue weighted by molar-refractivity contribution is 8.14. The van der Waals surface area contributed by atoms with E-state index in [9.17, 15) is 0 Å². The molecule has 3 rings (SSSR count). The Morgan fingerprint density at radius 3 is 2.23 bits per heavy atom. The van der Waals surface area contributed by atoms with Crippen LogP contribution in [0.2, 0.25) is 0 Å². The molecule has 112 valence electrons. The second-order valence-electron chi connectivity index (χ2n) is 5.54. The maximum absolute atomic E-state index is 4.80. The average molecular weight is 308 g/mol. The molecule has 0 spiro atoms. The minimum Gasteiger partial charge on any atom is -0.381 e. The molecule has 0 aliphatic carbocycles. The van der Waals surface area contributed by atoms with Gasteiger partial charge in [-0.05, 0) is 23.8 Å². The number of benzene rings is 2. The summed E-state index contributed by atoms with van der Waals surface area (Å²) in [6.45, 7) is 0. The second kappa shape index (κ2) is 6.84. The van der Waals surface area contributed by atoms with Gasteiger partial charge in [0.2, 0.25) is 0 Å². The molecular weight excluding hydrogens is 288 g/mol. The summed E-state index contributed by atoms with van der Waals surface area (Å²) < 4.78 is 0. The van der Waals surface area contributed by atoms with E-state index in [-0.39, 0.29) is 0 Å². The van der Waals surface area contributed by atoms with Crippen LogP contribution in [-0.4, -0.2) is 24.0 Å². The van der Waals surface area contributed by atoms with E-state index in [2.05, 4.69) is 55.4 Å². The molecule has 0 saturated carbocycles. The van der Waals surface area contributed by atoms with Crippen molar-refractivity contribution in [1.82, 2.24) is 4.90 Å². The number of thioether (sulfide) groups is 1. The quantitative estimate of drug-likeness (QED) is 0.789. The van der Waals surface area contributed by atoms with Crippen molar-refractivity contribution in [2.45, 2.75) is 11.7 Å². The molecule has 0 unspecified atom stereocenters. The minimum absolute atomic E-state index is 0.422. The van der Waals surface area contributed by atoms with Crippen LogP contribution in [0.4, 0.5) is 5.69 Å². The minimum atomic E-state index is 0.422. The summed E-state index contributed by atoms with van der Waals surface area (Å²) >= 11 is 1.85. The molecule has 3 heteroatoms. The lowest BCUT2D eigenvalue weighted by molar-refractivity contribution is 0.485. The van der Waals surface area contributed by atoms with Crippen LogP contribution < -0.4 is 0 Å². The summed E-state index contributed by atoms with van der Waals surface area (Å²) in [5.74, 6) is 0. The van der Waals surface area contributed by atoms with Gasteiger partial charge in [0.25, 0.3) is 0 Å². The molecule has 0 radical (unpaired) electrons. The van der Waals surface area contributed by atoms with Crippen LogP contribution in [-0.2, 0) is 0 Å². The molecule has 1 aliphatic heterocycles. The Bertz CT molecular complexity index is 675. The van der Waals surface area contributed by atoms with Gasteiger partial charge in [0.15, 0.2) is 0 Å². The van der Waals surface area contributed by atoms with Crippen molar-refractivity contribution in [1.29, 1.82) is 0 Å². The lowest BCUT2D eigenvalue weighted by Gasteiger charge is -2.27. The first-order valence-corrected chi connectivity index (χ1v) is 8.33. The Morgan fingerprint density at radius 1 is 0.955 bits per heavy atom. The molecule has 0 fully saturated rings. The van der Waals surface area contributed by atoms with Crippen LogP contribution in [0.1, 0.15) is 17.2 Å². The van der Waals surface area contributed by atoms with Crippen molar-refractivity contribution in [3.05, 3.63) is 78.0 Å². The third kappa shape index (κ3) is 3.60. The lowest BCUT2D eigenvalue weighted by Crippen LogP contribution is -2.18. The number of aliphatic imine (C=N–C) groups is 1. The topological polar surface area (TPSA) is 15.6 Å². The SMILES string of the molecule is CN(C)C1=CC(=Nc2ccccc2)S[C@@H](c2ccccc2)C1. The molecule has 2 aromatic rings. The summed E-state index contributed by atoms with van der Waals surface area (Å²) in [6, 6.07) is 20.9. The van der Waals surface area contributed by atoms with Crippen LogP contribution in [0.25, 0.3) is 0 Å². The van der Waals surface area contributed by atoms with E-state index in [4.69, 9.17) is 4.99 Å². The average Bonchev–Trinajstić information content (AvgIpc) is 2.56. The van der Waals surface area contributed by atoms with E-state index < -0.39 is 0 Å². The van der Waals surface area contributed by atoms with Crippen molar-refractivity contribution in [3.8, 4) is 0 Å². The molecule has 0 bridgehead atoms. The van der Waals surface area contributed by atoms with Gasteiger partial charge in [-0.25, -0.2) is 4.99 Å². The van der Waals surface area contributed by atoms with Crippen molar-refractivity contribution in [2.24, 2.45) is 4.99 Å². The van der Waals surface area contributed by atoms with Gasteiger partial charge in [0, 0.05) is 31.5 Å². The van der Waals surface area contributed by atoms with Crippen LogP contribution in [0.3, 0.4) is 0 Å². The monoisotopic (exact) mass is 308 g/mol. The number of para-hydroxylation sites is 1. The molecular formula is C19H20N2S. The number of hydrogen-bond acceptors (Lipinski definition) is 3. The Labute approximate surface area is 136 Å². The van der Waals surface area contributed by atoms with Crippen LogP contribution in [0.15, 0.2) is 77.4 Å². The predicted octanol–water partition coefficient (Wildman–Crippen LogP) is 5.04. The Morgan fingerprint density at radius 2 is 1.59 bits per heavy atom. The molecule has 1 atom stereocenters. The highest BCUT2D eigenvalue weighted by Crippen LogP contribution is 2.40. The van der Waals surface area contributed by atoms with Crippen LogP contribution >= 0.6 is 11.8 Å². The molecule has 1 heterocycles. The largest absolute Gasteiger partial charge is 0.381 e. The van der Waals surface area contributed by atoms with E-state index in [1.54, 1.807) is 0 Å². The summed E-state index contributed by atoms with van der Waals surface area (Å²) in [5, 5.41) is 1.50. The van der Waals surface area contributed by atoms with Crippen LogP contribution in [0, 0.1) is 0 Å². The molecule has 0 aromatic heterocycles. The molecule has 0 N–H and O–H groups in total. The molecule has 0 amide bonds. The summed E-state index contributed by atoms with van der Waals surface area (Å²) in [6.07, 6.45) is 3.24. The Kier molecular flexibility index (Phi) is 4.64. The van der Waals surface area contributed by atoms with Crippen molar-refractivity contribution in [3.63, 3.8) is 0 Å². The number of allylic oxidation sites excluding steroid dienone is 1. The van der Waals surface area contributed by atoms with Gasteiger partial charge in [-0.15, -0.1) is 0 Å². The van der Waals surface area contributed by atoms with E-state index >= 15 is 0 Å². The van der Waals surface area contributed by atoms with E-state index in [0.717, 1.165) is 17.2 Å². The van der Waals surface area contributed by atoms with Gasteiger partial charge < -0.3 is 4.90 Å². The second-order valence-corrected chi connectivity index (χ2v) is 6.76. The van der Waals surface area contributed by atoms with E-state index in [1.165, 1.54) is 11.3 Å². The normalized spacial score (nSPS) is 19.8. The fourth-order valence-electron chi connectivity index (χ4n) is 2.47. The van der Waals surface area contributed by atoms with Crippen molar-refractivity contribution >= 4 is 22.5 Å². The molecule has 0 saturated heterocycles. The summed E-state index contributed by atoms with van der Waals surface area (Å²) in [4.78, 5) is 6.99. The van der Waals surface area contributed by atoms with Gasteiger partial charge in [-0.3, -0.25) is 0 Å². The molecule has 1 aliphatic rings. The maximum atomic E-state index is 4.80. The standard InChI is InChI=1S/C19H20N2S/c1-21(2)17-13-18(15-9-5-3-6-10-15)22-19(14-17)20-16-11-7-4-8-12-16/h3-12,14,18H,13H2,1-2H3/t18-/m1/s1. The first-order chi connectivity index (χ1) is 10.7. The fraction of sp³-hybridized carbons (Fsp3) is 0.211. The smallest absolute Gasteiger partial charge is 0.0990 e. The number of nitrogens with zero attached hydrogens (tertiary/aromatic N) is 2. The lowest BCUT2D eigenvalue weighted by atomic mass is 10.1. The first-order valence-electron chi connectivity index (χ1n) is 7.45. The van der Waals surface area contributed by atoms with Gasteiger partial charge in [-0.2, -0.15) is 0 Å².